The van der Waals surface area contributed by atoms with Gasteiger partial charge in [-0.2, -0.15) is 0 Å². The SMILES string of the molecule is CC1C[C@@H]2c3ccncc3NC2N1C. The Hall–Kier alpha value is -1.09. The van der Waals surface area contributed by atoms with E-state index in [0.717, 1.165) is 0 Å². The number of aromatic nitrogens is 1. The van der Waals surface area contributed by atoms with E-state index in [9.17, 15) is 0 Å². The van der Waals surface area contributed by atoms with Crippen LogP contribution in [0.5, 0.6) is 0 Å². The van der Waals surface area contributed by atoms with E-state index >= 15 is 0 Å². The molecule has 14 heavy (non-hydrogen) atoms. The van der Waals surface area contributed by atoms with Gasteiger partial charge in [-0.05, 0) is 32.0 Å². The summed E-state index contributed by atoms with van der Waals surface area (Å²) < 4.78 is 0. The van der Waals surface area contributed by atoms with Crippen molar-refractivity contribution >= 4 is 5.69 Å². The van der Waals surface area contributed by atoms with Crippen molar-refractivity contribution in [2.24, 2.45) is 0 Å². The second kappa shape index (κ2) is 2.70. The summed E-state index contributed by atoms with van der Waals surface area (Å²) >= 11 is 0. The van der Waals surface area contributed by atoms with Crippen molar-refractivity contribution in [2.45, 2.75) is 31.5 Å². The van der Waals surface area contributed by atoms with Crippen LogP contribution in [0.3, 0.4) is 0 Å². The average molecular weight is 189 g/mol. The molecular formula is C11H15N3. The number of nitrogens with zero attached hydrogens (tertiary/aromatic N) is 2. The molecule has 3 atom stereocenters. The number of nitrogens with one attached hydrogen (secondary N) is 1. The normalized spacial score (nSPS) is 35.1. The van der Waals surface area contributed by atoms with Gasteiger partial charge in [-0.3, -0.25) is 9.88 Å². The fourth-order valence-corrected chi connectivity index (χ4v) is 2.73. The summed E-state index contributed by atoms with van der Waals surface area (Å²) in [4.78, 5) is 6.57. The summed E-state index contributed by atoms with van der Waals surface area (Å²) in [6.07, 6.45) is 5.58. The van der Waals surface area contributed by atoms with E-state index in [4.69, 9.17) is 0 Å². The first kappa shape index (κ1) is 8.24. The van der Waals surface area contributed by atoms with Gasteiger partial charge in [0.15, 0.2) is 0 Å². The molecule has 2 aliphatic rings. The maximum atomic E-state index is 4.15. The van der Waals surface area contributed by atoms with Crippen LogP contribution >= 0.6 is 0 Å². The van der Waals surface area contributed by atoms with Crippen molar-refractivity contribution < 1.29 is 0 Å². The van der Waals surface area contributed by atoms with Crippen LogP contribution in [0.25, 0.3) is 0 Å². The van der Waals surface area contributed by atoms with Gasteiger partial charge in [0.1, 0.15) is 0 Å². The van der Waals surface area contributed by atoms with E-state index in [-0.39, 0.29) is 0 Å². The highest BCUT2D eigenvalue weighted by molar-refractivity contribution is 5.58. The fourth-order valence-electron chi connectivity index (χ4n) is 2.73. The molecular weight excluding hydrogens is 174 g/mol. The van der Waals surface area contributed by atoms with Crippen molar-refractivity contribution in [3.05, 3.63) is 24.0 Å². The van der Waals surface area contributed by atoms with E-state index in [1.54, 1.807) is 0 Å². The Balaban J connectivity index is 2.02. The standard InChI is InChI=1S/C11H15N3/c1-7-5-9-8-3-4-12-6-10(8)13-11(9)14(7)2/h3-4,6-7,9,11,13H,5H2,1-2H3/t7?,9-,11?/m1/s1. The van der Waals surface area contributed by atoms with Crippen LogP contribution in [0, 0.1) is 0 Å². The summed E-state index contributed by atoms with van der Waals surface area (Å²) in [5.41, 5.74) is 2.67. The van der Waals surface area contributed by atoms with Gasteiger partial charge < -0.3 is 5.32 Å². The van der Waals surface area contributed by atoms with E-state index in [1.165, 1.54) is 17.7 Å². The van der Waals surface area contributed by atoms with Crippen LogP contribution < -0.4 is 5.32 Å². The number of hydrogen-bond donors (Lipinski definition) is 1. The molecule has 3 heterocycles. The number of anilines is 1. The Morgan fingerprint density at radius 2 is 2.43 bits per heavy atom. The summed E-state index contributed by atoms with van der Waals surface area (Å²) in [5.74, 6) is 0.660. The number of likely N-dealkylation sites (tertiary alicyclic amines) is 1. The van der Waals surface area contributed by atoms with Crippen molar-refractivity contribution in [3.8, 4) is 0 Å². The fraction of sp³-hybridized carbons (Fsp3) is 0.545. The Morgan fingerprint density at radius 3 is 3.29 bits per heavy atom. The molecule has 1 aromatic heterocycles. The van der Waals surface area contributed by atoms with Gasteiger partial charge >= 0.3 is 0 Å². The topological polar surface area (TPSA) is 28.2 Å². The van der Waals surface area contributed by atoms with Crippen LogP contribution in [0.4, 0.5) is 5.69 Å². The maximum absolute atomic E-state index is 4.15. The molecule has 0 bridgehead atoms. The Kier molecular flexibility index (Phi) is 1.59. The molecule has 0 amide bonds. The lowest BCUT2D eigenvalue weighted by atomic mass is 9.98. The molecule has 2 unspecified atom stereocenters. The molecule has 0 aliphatic carbocycles. The molecule has 0 spiro atoms. The number of pyridine rings is 1. The van der Waals surface area contributed by atoms with Gasteiger partial charge in [-0.25, -0.2) is 0 Å². The average Bonchev–Trinajstić information content (AvgIpc) is 2.67. The van der Waals surface area contributed by atoms with Gasteiger partial charge in [0.05, 0.1) is 18.1 Å². The molecule has 0 aromatic carbocycles. The molecule has 0 radical (unpaired) electrons. The van der Waals surface area contributed by atoms with E-state index < -0.39 is 0 Å². The summed E-state index contributed by atoms with van der Waals surface area (Å²) in [6.45, 7) is 2.29. The minimum Gasteiger partial charge on any atom is -0.368 e. The Labute approximate surface area is 84.1 Å². The second-order valence-electron chi connectivity index (χ2n) is 4.41. The van der Waals surface area contributed by atoms with Gasteiger partial charge in [-0.15, -0.1) is 0 Å². The minimum atomic E-state index is 0.490. The van der Waals surface area contributed by atoms with Crippen LogP contribution in [0.2, 0.25) is 0 Å². The lowest BCUT2D eigenvalue weighted by molar-refractivity contribution is 0.272. The quantitative estimate of drug-likeness (QED) is 0.672. The largest absolute Gasteiger partial charge is 0.368 e. The molecule has 2 aliphatic heterocycles. The summed E-state index contributed by atoms with van der Waals surface area (Å²) in [6, 6.07) is 2.83. The zero-order valence-corrected chi connectivity index (χ0v) is 8.57. The number of likely N-dealkylation sites (N-methyl/N-ethyl adjacent to an activating group) is 1. The van der Waals surface area contributed by atoms with E-state index in [0.29, 0.717) is 18.1 Å². The highest BCUT2D eigenvalue weighted by atomic mass is 15.3. The third-order valence-electron chi connectivity index (χ3n) is 3.67. The Morgan fingerprint density at radius 1 is 1.57 bits per heavy atom. The van der Waals surface area contributed by atoms with Gasteiger partial charge in [-0.1, -0.05) is 0 Å². The van der Waals surface area contributed by atoms with Crippen LogP contribution in [0.15, 0.2) is 18.5 Å². The van der Waals surface area contributed by atoms with Crippen LogP contribution in [-0.4, -0.2) is 29.1 Å². The van der Waals surface area contributed by atoms with Gasteiger partial charge in [0, 0.05) is 18.2 Å². The molecule has 0 saturated carbocycles. The monoisotopic (exact) mass is 189 g/mol. The highest BCUT2D eigenvalue weighted by Crippen LogP contribution is 2.44. The van der Waals surface area contributed by atoms with Crippen LogP contribution in [-0.2, 0) is 0 Å². The lowest BCUT2D eigenvalue weighted by Gasteiger charge is -2.22. The van der Waals surface area contributed by atoms with Gasteiger partial charge in [0.2, 0.25) is 0 Å². The predicted molar refractivity (Wildman–Crippen MR) is 56.2 cm³/mol. The maximum Gasteiger partial charge on any atom is 0.0865 e. The van der Waals surface area contributed by atoms with Crippen molar-refractivity contribution in [1.29, 1.82) is 0 Å². The Bertz CT molecular complexity index is 363. The highest BCUT2D eigenvalue weighted by Gasteiger charge is 2.42. The van der Waals surface area contributed by atoms with Crippen LogP contribution in [0.1, 0.15) is 24.8 Å². The molecule has 3 heteroatoms. The van der Waals surface area contributed by atoms with E-state index in [2.05, 4.69) is 35.2 Å². The first-order valence-corrected chi connectivity index (χ1v) is 5.20. The van der Waals surface area contributed by atoms with Crippen molar-refractivity contribution in [1.82, 2.24) is 9.88 Å². The second-order valence-corrected chi connectivity index (χ2v) is 4.41. The number of hydrogen-bond acceptors (Lipinski definition) is 3. The lowest BCUT2D eigenvalue weighted by Crippen LogP contribution is -2.35. The first-order chi connectivity index (χ1) is 6.77. The summed E-state index contributed by atoms with van der Waals surface area (Å²) in [5, 5.41) is 3.54. The molecule has 1 fully saturated rings. The number of fused-ring (bicyclic) bond motifs is 3. The molecule has 1 aromatic rings. The molecule has 1 N–H and O–H groups in total. The van der Waals surface area contributed by atoms with Crippen molar-refractivity contribution in [3.63, 3.8) is 0 Å². The first-order valence-electron chi connectivity index (χ1n) is 5.20. The molecule has 74 valence electrons. The number of rotatable bonds is 0. The van der Waals surface area contributed by atoms with E-state index in [1.807, 2.05) is 12.4 Å². The third kappa shape index (κ3) is 0.932. The predicted octanol–water partition coefficient (Wildman–Crippen LogP) is 1.64. The molecule has 3 rings (SSSR count). The van der Waals surface area contributed by atoms with Crippen molar-refractivity contribution in [2.75, 3.05) is 12.4 Å². The third-order valence-corrected chi connectivity index (χ3v) is 3.67. The summed E-state index contributed by atoms with van der Waals surface area (Å²) in [7, 11) is 2.20. The van der Waals surface area contributed by atoms with Gasteiger partial charge in [0.25, 0.3) is 0 Å². The molecule has 3 nitrogen and oxygen atoms in total. The minimum absolute atomic E-state index is 0.490. The smallest absolute Gasteiger partial charge is 0.0865 e. The molecule has 1 saturated heterocycles. The zero-order chi connectivity index (χ0) is 9.71. The zero-order valence-electron chi connectivity index (χ0n) is 8.57.